The largest absolute Gasteiger partial charge is 0.376 e. The Balaban J connectivity index is 2.20. The minimum Gasteiger partial charge on any atom is -0.376 e. The van der Waals surface area contributed by atoms with Gasteiger partial charge >= 0.3 is 0 Å². The van der Waals surface area contributed by atoms with Gasteiger partial charge in [0.2, 0.25) is 0 Å². The first-order chi connectivity index (χ1) is 9.38. The molecule has 0 fully saturated rings. The summed E-state index contributed by atoms with van der Waals surface area (Å²) in [7, 11) is 0. The van der Waals surface area contributed by atoms with E-state index in [9.17, 15) is 4.39 Å². The molecule has 0 spiro atoms. The van der Waals surface area contributed by atoms with Crippen LogP contribution in [0.15, 0.2) is 23.0 Å². The molecule has 1 atom stereocenters. The van der Waals surface area contributed by atoms with Crippen molar-refractivity contribution in [2.75, 3.05) is 6.61 Å². The van der Waals surface area contributed by atoms with Gasteiger partial charge in [-0.1, -0.05) is 5.16 Å². The number of nitrogens with zero attached hydrogens (tertiary/aromatic N) is 3. The fraction of sp³-hybridized carbons (Fsp3) is 0.462. The Morgan fingerprint density at radius 2 is 2.20 bits per heavy atom. The van der Waals surface area contributed by atoms with E-state index in [0.29, 0.717) is 11.4 Å². The van der Waals surface area contributed by atoms with Crippen molar-refractivity contribution in [1.29, 1.82) is 0 Å². The molecule has 2 aromatic rings. The highest BCUT2D eigenvalue weighted by molar-refractivity contribution is 5.50. The molecule has 2 aromatic heterocycles. The molecule has 0 radical (unpaired) electrons. The third-order valence-electron chi connectivity index (χ3n) is 2.61. The van der Waals surface area contributed by atoms with E-state index in [1.807, 2.05) is 13.8 Å². The third kappa shape index (κ3) is 3.37. The van der Waals surface area contributed by atoms with Gasteiger partial charge in [0, 0.05) is 6.20 Å². The normalized spacial score (nSPS) is 14.5. The molecule has 108 valence electrons. The zero-order valence-corrected chi connectivity index (χ0v) is 11.6. The molecule has 0 aromatic carbocycles. The second-order valence-electron chi connectivity index (χ2n) is 5.09. The van der Waals surface area contributed by atoms with E-state index in [4.69, 9.17) is 15.0 Å². The van der Waals surface area contributed by atoms with Crippen LogP contribution in [0.1, 0.15) is 26.6 Å². The van der Waals surface area contributed by atoms with Crippen LogP contribution in [0.5, 0.6) is 0 Å². The molecule has 2 N–H and O–H groups in total. The van der Waals surface area contributed by atoms with Crippen molar-refractivity contribution >= 4 is 0 Å². The minimum absolute atomic E-state index is 0.0525. The van der Waals surface area contributed by atoms with Crippen LogP contribution in [0.4, 0.5) is 4.39 Å². The number of halogens is 1. The first-order valence-electron chi connectivity index (χ1n) is 6.24. The summed E-state index contributed by atoms with van der Waals surface area (Å²) in [5, 5.41) is 3.83. The maximum absolute atomic E-state index is 13.1. The molecular weight excluding hydrogens is 263 g/mol. The molecule has 0 saturated carbocycles. The highest BCUT2D eigenvalue weighted by atomic mass is 19.1. The molecule has 6 nitrogen and oxygen atoms in total. The number of hydrogen-bond acceptors (Lipinski definition) is 6. The Bertz CT molecular complexity index is 583. The molecule has 0 saturated heterocycles. The predicted molar refractivity (Wildman–Crippen MR) is 70.1 cm³/mol. The van der Waals surface area contributed by atoms with E-state index in [2.05, 4.69) is 15.1 Å². The summed E-state index contributed by atoms with van der Waals surface area (Å²) in [6.45, 7) is 5.82. The molecule has 0 aliphatic carbocycles. The maximum Gasteiger partial charge on any atom is 0.259 e. The average molecular weight is 280 g/mol. The van der Waals surface area contributed by atoms with E-state index >= 15 is 0 Å². The monoisotopic (exact) mass is 280 g/mol. The minimum atomic E-state index is -0.882. The summed E-state index contributed by atoms with van der Waals surface area (Å²) in [6.07, 6.45) is 2.60. The molecule has 2 heterocycles. The number of pyridine rings is 1. The van der Waals surface area contributed by atoms with Crippen molar-refractivity contribution in [1.82, 2.24) is 15.1 Å². The van der Waals surface area contributed by atoms with Gasteiger partial charge in [-0.2, -0.15) is 4.98 Å². The number of nitrogens with two attached hydrogens (primary N) is 1. The van der Waals surface area contributed by atoms with Gasteiger partial charge in [0.1, 0.15) is 11.4 Å². The molecule has 0 aliphatic rings. The van der Waals surface area contributed by atoms with Crippen molar-refractivity contribution < 1.29 is 13.7 Å². The first kappa shape index (κ1) is 14.5. The van der Waals surface area contributed by atoms with Crippen LogP contribution in [0.3, 0.4) is 0 Å². The van der Waals surface area contributed by atoms with E-state index in [-0.39, 0.29) is 18.6 Å². The standard InChI is InChI=1S/C13H17FN4O2/c1-8(2)19-7-13(3,15)12-17-11(20-18-12)9-4-10(14)6-16-5-9/h4-6,8H,7,15H2,1-3H3. The molecule has 20 heavy (non-hydrogen) atoms. The average Bonchev–Trinajstić information content (AvgIpc) is 2.87. The van der Waals surface area contributed by atoms with Gasteiger partial charge in [-0.15, -0.1) is 0 Å². The van der Waals surface area contributed by atoms with Crippen LogP contribution in [0.2, 0.25) is 0 Å². The van der Waals surface area contributed by atoms with Gasteiger partial charge in [0.05, 0.1) is 24.5 Å². The van der Waals surface area contributed by atoms with Crippen molar-refractivity contribution in [2.45, 2.75) is 32.4 Å². The summed E-state index contributed by atoms with van der Waals surface area (Å²) in [5.41, 5.74) is 5.63. The Morgan fingerprint density at radius 1 is 1.45 bits per heavy atom. The molecule has 0 aliphatic heterocycles. The molecule has 0 amide bonds. The number of aromatic nitrogens is 3. The molecule has 7 heteroatoms. The topological polar surface area (TPSA) is 87.1 Å². The van der Waals surface area contributed by atoms with Gasteiger partial charge in [-0.25, -0.2) is 4.39 Å². The Labute approximate surface area is 116 Å². The molecule has 1 unspecified atom stereocenters. The summed E-state index contributed by atoms with van der Waals surface area (Å²) in [5.74, 6) is 0.00605. The summed E-state index contributed by atoms with van der Waals surface area (Å²) < 4.78 is 23.7. The van der Waals surface area contributed by atoms with Crippen molar-refractivity contribution in [2.24, 2.45) is 5.73 Å². The smallest absolute Gasteiger partial charge is 0.259 e. The SMILES string of the molecule is CC(C)OCC(C)(N)c1noc(-c2cncc(F)c2)n1. The van der Waals surface area contributed by atoms with Gasteiger partial charge in [-0.3, -0.25) is 4.98 Å². The lowest BCUT2D eigenvalue weighted by molar-refractivity contribution is 0.0410. The lowest BCUT2D eigenvalue weighted by atomic mass is 10.1. The molecule has 2 rings (SSSR count). The summed E-state index contributed by atoms with van der Waals surface area (Å²) in [6, 6.07) is 1.27. The maximum atomic E-state index is 13.1. The summed E-state index contributed by atoms with van der Waals surface area (Å²) in [4.78, 5) is 7.91. The fourth-order valence-electron chi connectivity index (χ4n) is 1.51. The van der Waals surface area contributed by atoms with Crippen molar-refractivity contribution in [3.8, 4) is 11.5 Å². The predicted octanol–water partition coefficient (Wildman–Crippen LogP) is 1.87. The quantitative estimate of drug-likeness (QED) is 0.899. The van der Waals surface area contributed by atoms with Gasteiger partial charge < -0.3 is 15.0 Å². The lowest BCUT2D eigenvalue weighted by Gasteiger charge is -2.21. The number of ether oxygens (including phenoxy) is 1. The molecular formula is C13H17FN4O2. The first-order valence-corrected chi connectivity index (χ1v) is 6.24. The van der Waals surface area contributed by atoms with E-state index in [1.165, 1.54) is 12.3 Å². The second kappa shape index (κ2) is 5.64. The van der Waals surface area contributed by atoms with Crippen LogP contribution < -0.4 is 5.73 Å². The third-order valence-corrected chi connectivity index (χ3v) is 2.61. The zero-order valence-electron chi connectivity index (χ0n) is 11.6. The van der Waals surface area contributed by atoms with Crippen LogP contribution in [0, 0.1) is 5.82 Å². The van der Waals surface area contributed by atoms with Crippen LogP contribution in [-0.2, 0) is 10.3 Å². The fourth-order valence-corrected chi connectivity index (χ4v) is 1.51. The van der Waals surface area contributed by atoms with Crippen molar-refractivity contribution in [3.63, 3.8) is 0 Å². The second-order valence-corrected chi connectivity index (χ2v) is 5.09. The van der Waals surface area contributed by atoms with E-state index < -0.39 is 11.4 Å². The summed E-state index contributed by atoms with van der Waals surface area (Å²) >= 11 is 0. The van der Waals surface area contributed by atoms with Gasteiger partial charge in [-0.05, 0) is 26.8 Å². The van der Waals surface area contributed by atoms with Crippen LogP contribution in [-0.4, -0.2) is 27.8 Å². The van der Waals surface area contributed by atoms with Gasteiger partial charge in [0.15, 0.2) is 5.82 Å². The molecule has 0 bridgehead atoms. The van der Waals surface area contributed by atoms with Crippen LogP contribution >= 0.6 is 0 Å². The van der Waals surface area contributed by atoms with Crippen LogP contribution in [0.25, 0.3) is 11.5 Å². The zero-order chi connectivity index (χ0) is 14.8. The highest BCUT2D eigenvalue weighted by Crippen LogP contribution is 2.21. The number of rotatable bonds is 5. The Hall–Kier alpha value is -1.86. The van der Waals surface area contributed by atoms with E-state index in [1.54, 1.807) is 6.92 Å². The van der Waals surface area contributed by atoms with Gasteiger partial charge in [0.25, 0.3) is 5.89 Å². The Kier molecular flexibility index (Phi) is 4.10. The van der Waals surface area contributed by atoms with Crippen molar-refractivity contribution in [3.05, 3.63) is 30.1 Å². The highest BCUT2D eigenvalue weighted by Gasteiger charge is 2.28. The number of hydrogen-bond donors (Lipinski definition) is 1. The lowest BCUT2D eigenvalue weighted by Crippen LogP contribution is -2.40. The van der Waals surface area contributed by atoms with E-state index in [0.717, 1.165) is 6.20 Å². The Morgan fingerprint density at radius 3 is 2.85 bits per heavy atom.